The van der Waals surface area contributed by atoms with Crippen LogP contribution in [0.25, 0.3) is 16.7 Å². The predicted molar refractivity (Wildman–Crippen MR) is 85.0 cm³/mol. The molecule has 2 N–H and O–H groups in total. The number of hydrogen-bond donors (Lipinski definition) is 2. The number of benzene rings is 1. The second-order valence-electron chi connectivity index (χ2n) is 6.07. The van der Waals surface area contributed by atoms with E-state index in [2.05, 4.69) is 15.2 Å². The van der Waals surface area contributed by atoms with Gasteiger partial charge in [-0.3, -0.25) is 4.79 Å². The summed E-state index contributed by atoms with van der Waals surface area (Å²) in [6.07, 6.45) is -1.98. The maximum atomic E-state index is 13.6. The van der Waals surface area contributed by atoms with Crippen LogP contribution in [-0.2, 0) is 6.18 Å². The zero-order valence-electron chi connectivity index (χ0n) is 13.0. The molecule has 2 aromatic heterocycles. The number of hydrogen-bond acceptors (Lipinski definition) is 4. The second kappa shape index (κ2) is 5.36. The number of aromatic nitrogens is 4. The molecule has 0 aliphatic carbocycles. The fourth-order valence-corrected chi connectivity index (χ4v) is 3.34. The molecule has 3 heterocycles. The molecular weight excluding hydrogens is 339 g/mol. The quantitative estimate of drug-likeness (QED) is 0.699. The number of halogens is 3. The molecule has 1 aliphatic heterocycles. The molecular formula is C15H14F3N5O2. The normalized spacial score (nSPS) is 16.0. The summed E-state index contributed by atoms with van der Waals surface area (Å²) in [5, 5.41) is 5.78. The maximum absolute atomic E-state index is 13.6. The van der Waals surface area contributed by atoms with E-state index in [1.165, 1.54) is 6.07 Å². The van der Waals surface area contributed by atoms with Gasteiger partial charge in [-0.15, -0.1) is 5.10 Å². The third-order valence-corrected chi connectivity index (χ3v) is 4.48. The molecule has 10 heteroatoms. The molecule has 3 aromatic rings. The first-order valence-corrected chi connectivity index (χ1v) is 7.85. The van der Waals surface area contributed by atoms with Gasteiger partial charge in [-0.25, -0.2) is 14.3 Å². The number of nitrogens with zero attached hydrogens (tertiary/aromatic N) is 3. The van der Waals surface area contributed by atoms with E-state index >= 15 is 0 Å². The average molecular weight is 353 g/mol. The molecule has 1 aromatic carbocycles. The number of piperidine rings is 1. The summed E-state index contributed by atoms with van der Waals surface area (Å²) in [6.45, 7) is 1.03. The van der Waals surface area contributed by atoms with Gasteiger partial charge in [-0.2, -0.15) is 13.2 Å². The van der Waals surface area contributed by atoms with E-state index < -0.39 is 23.0 Å². The van der Waals surface area contributed by atoms with Crippen LogP contribution >= 0.6 is 0 Å². The predicted octanol–water partition coefficient (Wildman–Crippen LogP) is 1.87. The minimum absolute atomic E-state index is 0.0150. The van der Waals surface area contributed by atoms with Gasteiger partial charge in [0.2, 0.25) is 5.65 Å². The van der Waals surface area contributed by atoms with Crippen molar-refractivity contribution in [2.24, 2.45) is 0 Å². The Kier molecular flexibility index (Phi) is 3.37. The average Bonchev–Trinajstić information content (AvgIpc) is 2.97. The van der Waals surface area contributed by atoms with Crippen LogP contribution in [0.4, 0.5) is 18.9 Å². The van der Waals surface area contributed by atoms with Gasteiger partial charge in [0, 0.05) is 13.1 Å². The monoisotopic (exact) mass is 353 g/mol. The Morgan fingerprint density at radius 2 is 1.80 bits per heavy atom. The van der Waals surface area contributed by atoms with Gasteiger partial charge in [0.05, 0.1) is 22.3 Å². The SMILES string of the molecule is O=c1[nH]c2cc(C(F)(F)F)c(N3CCCCC3)cc2n2c(=O)[nH]nc12. The number of aromatic amines is 2. The number of nitrogens with one attached hydrogen (secondary N) is 2. The molecule has 25 heavy (non-hydrogen) atoms. The molecule has 0 unspecified atom stereocenters. The van der Waals surface area contributed by atoms with Crippen molar-refractivity contribution < 1.29 is 13.2 Å². The van der Waals surface area contributed by atoms with E-state index in [0.717, 1.165) is 29.7 Å². The smallest absolute Gasteiger partial charge is 0.371 e. The molecule has 4 rings (SSSR count). The largest absolute Gasteiger partial charge is 0.418 e. The second-order valence-corrected chi connectivity index (χ2v) is 6.07. The lowest BCUT2D eigenvalue weighted by atomic mass is 10.1. The maximum Gasteiger partial charge on any atom is 0.418 e. The number of rotatable bonds is 1. The first kappa shape index (κ1) is 15.7. The highest BCUT2D eigenvalue weighted by molar-refractivity contribution is 5.83. The van der Waals surface area contributed by atoms with Gasteiger partial charge in [0.15, 0.2) is 0 Å². The van der Waals surface area contributed by atoms with Gasteiger partial charge in [-0.05, 0) is 31.4 Å². The van der Waals surface area contributed by atoms with Crippen LogP contribution in [0.15, 0.2) is 21.7 Å². The van der Waals surface area contributed by atoms with Crippen molar-refractivity contribution in [3.05, 3.63) is 38.5 Å². The van der Waals surface area contributed by atoms with E-state index in [-0.39, 0.29) is 22.4 Å². The molecule has 0 saturated carbocycles. The zero-order valence-corrected chi connectivity index (χ0v) is 13.0. The van der Waals surface area contributed by atoms with Crippen LogP contribution in [-0.4, -0.2) is 32.7 Å². The van der Waals surface area contributed by atoms with Crippen LogP contribution in [0.3, 0.4) is 0 Å². The van der Waals surface area contributed by atoms with E-state index in [1.54, 1.807) is 4.90 Å². The molecule has 1 saturated heterocycles. The Labute approximate surface area is 138 Å². The van der Waals surface area contributed by atoms with E-state index in [4.69, 9.17) is 0 Å². The van der Waals surface area contributed by atoms with Crippen molar-refractivity contribution in [1.82, 2.24) is 19.6 Å². The Hall–Kier alpha value is -2.78. The van der Waals surface area contributed by atoms with E-state index in [1.807, 2.05) is 0 Å². The molecule has 1 aliphatic rings. The fourth-order valence-electron chi connectivity index (χ4n) is 3.34. The van der Waals surface area contributed by atoms with Crippen molar-refractivity contribution >= 4 is 22.4 Å². The topological polar surface area (TPSA) is 86.3 Å². The highest BCUT2D eigenvalue weighted by atomic mass is 19.4. The van der Waals surface area contributed by atoms with Crippen molar-refractivity contribution in [3.63, 3.8) is 0 Å². The third kappa shape index (κ3) is 2.48. The minimum Gasteiger partial charge on any atom is -0.371 e. The molecule has 1 fully saturated rings. The summed E-state index contributed by atoms with van der Waals surface area (Å²) in [5.41, 5.74) is -2.27. The van der Waals surface area contributed by atoms with Crippen LogP contribution in [0.1, 0.15) is 24.8 Å². The lowest BCUT2D eigenvalue weighted by Gasteiger charge is -2.31. The molecule has 0 radical (unpaired) electrons. The van der Waals surface area contributed by atoms with Gasteiger partial charge >= 0.3 is 11.9 Å². The highest BCUT2D eigenvalue weighted by Crippen LogP contribution is 2.39. The molecule has 0 bridgehead atoms. The summed E-state index contributed by atoms with van der Waals surface area (Å²) in [5.74, 6) is 0. The summed E-state index contributed by atoms with van der Waals surface area (Å²) in [6, 6.07) is 2.20. The van der Waals surface area contributed by atoms with Crippen molar-refractivity contribution in [3.8, 4) is 0 Å². The number of alkyl halides is 3. The van der Waals surface area contributed by atoms with Gasteiger partial charge < -0.3 is 9.88 Å². The minimum atomic E-state index is -4.58. The van der Waals surface area contributed by atoms with Crippen molar-refractivity contribution in [2.45, 2.75) is 25.4 Å². The lowest BCUT2D eigenvalue weighted by molar-refractivity contribution is -0.137. The van der Waals surface area contributed by atoms with E-state index in [0.29, 0.717) is 13.1 Å². The lowest BCUT2D eigenvalue weighted by Crippen LogP contribution is -2.31. The summed E-state index contributed by atoms with van der Waals surface area (Å²) in [7, 11) is 0. The summed E-state index contributed by atoms with van der Waals surface area (Å²) >= 11 is 0. The van der Waals surface area contributed by atoms with Crippen LogP contribution in [0, 0.1) is 0 Å². The van der Waals surface area contributed by atoms with Gasteiger partial charge in [0.25, 0.3) is 5.56 Å². The highest BCUT2D eigenvalue weighted by Gasteiger charge is 2.36. The Bertz CT molecular complexity index is 1070. The number of anilines is 1. The van der Waals surface area contributed by atoms with Crippen LogP contribution in [0.2, 0.25) is 0 Å². The molecule has 132 valence electrons. The first-order chi connectivity index (χ1) is 11.9. The Balaban J connectivity index is 2.09. The van der Waals surface area contributed by atoms with Crippen molar-refractivity contribution in [2.75, 3.05) is 18.0 Å². The molecule has 7 nitrogen and oxygen atoms in total. The summed E-state index contributed by atoms with van der Waals surface area (Å²) < 4.78 is 41.7. The fraction of sp³-hybridized carbons (Fsp3) is 0.400. The first-order valence-electron chi connectivity index (χ1n) is 7.85. The van der Waals surface area contributed by atoms with Crippen molar-refractivity contribution in [1.29, 1.82) is 0 Å². The van der Waals surface area contributed by atoms with Crippen LogP contribution in [0.5, 0.6) is 0 Å². The zero-order chi connectivity index (χ0) is 17.8. The van der Waals surface area contributed by atoms with Gasteiger partial charge in [0.1, 0.15) is 0 Å². The molecule has 0 atom stereocenters. The number of fused-ring (bicyclic) bond motifs is 3. The third-order valence-electron chi connectivity index (χ3n) is 4.48. The van der Waals surface area contributed by atoms with Crippen LogP contribution < -0.4 is 16.1 Å². The van der Waals surface area contributed by atoms with Gasteiger partial charge in [-0.1, -0.05) is 0 Å². The summed E-state index contributed by atoms with van der Waals surface area (Å²) in [4.78, 5) is 28.0. The standard InChI is InChI=1S/C15H14F3N5O2/c16-15(17,18)8-6-9-11(7-10(8)22-4-2-1-3-5-22)23-12(13(24)19-9)20-21-14(23)25/h6-7H,1-5H2,(H,19,24)(H,21,25). The van der Waals surface area contributed by atoms with E-state index in [9.17, 15) is 22.8 Å². The number of H-pyrrole nitrogens is 2. The Morgan fingerprint density at radius 1 is 1.08 bits per heavy atom. The molecule has 0 spiro atoms. The Morgan fingerprint density at radius 3 is 2.48 bits per heavy atom. The molecule has 0 amide bonds.